The molecule has 1 aliphatic carbocycles. The Morgan fingerprint density at radius 3 is 2.40 bits per heavy atom. The summed E-state index contributed by atoms with van der Waals surface area (Å²) >= 11 is 3.41. The molecule has 1 aliphatic heterocycles. The van der Waals surface area contributed by atoms with Crippen molar-refractivity contribution in [2.75, 3.05) is 0 Å². The van der Waals surface area contributed by atoms with Gasteiger partial charge in [-0.2, -0.15) is 0 Å². The number of Topliss-reactive ketones (excluding diaryl/α,β-unsaturated/α-hetero) is 1. The lowest BCUT2D eigenvalue weighted by Gasteiger charge is -2.34. The zero-order chi connectivity index (χ0) is 13.7. The molecular weight excluding hydrogens is 316 g/mol. The standard InChI is InChI=1S/C17H13BrO2/c18-13-5-6-16-14(7-13)15(19)10-17(20-16)8-11-3-1-2-4-12(11)9-17/h1-7H,8-10H2. The molecule has 1 heterocycles. The van der Waals surface area contributed by atoms with Crippen molar-refractivity contribution >= 4 is 21.7 Å². The van der Waals surface area contributed by atoms with Gasteiger partial charge >= 0.3 is 0 Å². The van der Waals surface area contributed by atoms with E-state index in [1.165, 1.54) is 11.1 Å². The van der Waals surface area contributed by atoms with Crippen LogP contribution in [0.15, 0.2) is 46.9 Å². The maximum absolute atomic E-state index is 12.4. The molecule has 0 aromatic heterocycles. The number of hydrogen-bond donors (Lipinski definition) is 0. The molecule has 0 atom stereocenters. The molecule has 2 nitrogen and oxygen atoms in total. The van der Waals surface area contributed by atoms with Crippen molar-refractivity contribution in [3.63, 3.8) is 0 Å². The number of halogens is 1. The largest absolute Gasteiger partial charge is 0.485 e. The van der Waals surface area contributed by atoms with Gasteiger partial charge in [-0.3, -0.25) is 4.79 Å². The van der Waals surface area contributed by atoms with Crippen molar-refractivity contribution in [1.29, 1.82) is 0 Å². The van der Waals surface area contributed by atoms with Crippen LogP contribution >= 0.6 is 15.9 Å². The molecular formula is C17H13BrO2. The second-order valence-corrected chi connectivity index (χ2v) is 6.56. The fourth-order valence-electron chi connectivity index (χ4n) is 3.32. The second kappa shape index (κ2) is 4.19. The monoisotopic (exact) mass is 328 g/mol. The van der Waals surface area contributed by atoms with E-state index in [0.29, 0.717) is 12.0 Å². The highest BCUT2D eigenvalue weighted by Gasteiger charge is 2.44. The third-order valence-corrected chi connectivity index (χ3v) is 4.69. The van der Waals surface area contributed by atoms with E-state index in [0.717, 1.165) is 23.1 Å². The summed E-state index contributed by atoms with van der Waals surface area (Å²) in [6.07, 6.45) is 2.11. The molecule has 100 valence electrons. The number of benzene rings is 2. The summed E-state index contributed by atoms with van der Waals surface area (Å²) in [5.74, 6) is 0.901. The first kappa shape index (κ1) is 12.2. The lowest BCUT2D eigenvalue weighted by atomic mass is 9.87. The molecule has 1 spiro atoms. The van der Waals surface area contributed by atoms with Crippen molar-refractivity contribution in [1.82, 2.24) is 0 Å². The van der Waals surface area contributed by atoms with E-state index in [-0.39, 0.29) is 11.4 Å². The van der Waals surface area contributed by atoms with Gasteiger partial charge in [-0.05, 0) is 29.3 Å². The number of carbonyl (C=O) groups excluding carboxylic acids is 1. The predicted molar refractivity (Wildman–Crippen MR) is 80.3 cm³/mol. The van der Waals surface area contributed by atoms with Crippen LogP contribution in [-0.2, 0) is 12.8 Å². The molecule has 0 fully saturated rings. The zero-order valence-corrected chi connectivity index (χ0v) is 12.4. The predicted octanol–water partition coefficient (Wildman–Crippen LogP) is 3.95. The first-order chi connectivity index (χ1) is 9.65. The third-order valence-electron chi connectivity index (χ3n) is 4.19. The lowest BCUT2D eigenvalue weighted by Crippen LogP contribution is -2.42. The molecule has 0 N–H and O–H groups in total. The highest BCUT2D eigenvalue weighted by atomic mass is 79.9. The van der Waals surface area contributed by atoms with Crippen LogP contribution in [0.5, 0.6) is 5.75 Å². The molecule has 3 heteroatoms. The molecule has 20 heavy (non-hydrogen) atoms. The minimum absolute atomic E-state index is 0.181. The Bertz CT molecular complexity index is 696. The van der Waals surface area contributed by atoms with E-state index in [9.17, 15) is 4.79 Å². The normalized spacial score (nSPS) is 18.6. The molecule has 0 saturated heterocycles. The van der Waals surface area contributed by atoms with Crippen LogP contribution in [0.2, 0.25) is 0 Å². The molecule has 0 saturated carbocycles. The van der Waals surface area contributed by atoms with Gasteiger partial charge in [0.05, 0.1) is 12.0 Å². The SMILES string of the molecule is O=C1CC2(Cc3ccccc3C2)Oc2ccc(Br)cc21. The van der Waals surface area contributed by atoms with E-state index < -0.39 is 0 Å². The first-order valence-corrected chi connectivity index (χ1v) is 7.53. The highest BCUT2D eigenvalue weighted by molar-refractivity contribution is 9.10. The first-order valence-electron chi connectivity index (χ1n) is 6.74. The van der Waals surface area contributed by atoms with Crippen molar-refractivity contribution in [2.45, 2.75) is 24.9 Å². The number of fused-ring (bicyclic) bond motifs is 2. The zero-order valence-electron chi connectivity index (χ0n) is 10.9. The Morgan fingerprint density at radius 1 is 1.00 bits per heavy atom. The maximum Gasteiger partial charge on any atom is 0.170 e. The average Bonchev–Trinajstić information content (AvgIpc) is 2.77. The van der Waals surface area contributed by atoms with Gasteiger partial charge in [0, 0.05) is 17.3 Å². The Morgan fingerprint density at radius 2 is 1.70 bits per heavy atom. The van der Waals surface area contributed by atoms with Crippen LogP contribution in [-0.4, -0.2) is 11.4 Å². The molecule has 2 aromatic rings. The van der Waals surface area contributed by atoms with E-state index in [1.807, 2.05) is 30.3 Å². The number of ketones is 1. The van der Waals surface area contributed by atoms with Gasteiger partial charge in [0.25, 0.3) is 0 Å². The smallest absolute Gasteiger partial charge is 0.170 e. The summed E-state index contributed by atoms with van der Waals surface area (Å²) < 4.78 is 7.16. The molecule has 0 amide bonds. The molecule has 0 radical (unpaired) electrons. The Labute approximate surface area is 125 Å². The fourth-order valence-corrected chi connectivity index (χ4v) is 3.68. The summed E-state index contributed by atoms with van der Waals surface area (Å²) in [7, 11) is 0. The molecule has 2 aromatic carbocycles. The summed E-state index contributed by atoms with van der Waals surface area (Å²) in [5.41, 5.74) is 2.93. The van der Waals surface area contributed by atoms with Crippen LogP contribution in [0.3, 0.4) is 0 Å². The van der Waals surface area contributed by atoms with E-state index in [4.69, 9.17) is 4.74 Å². The van der Waals surface area contributed by atoms with Crippen LogP contribution in [0.25, 0.3) is 0 Å². The van der Waals surface area contributed by atoms with Crippen LogP contribution in [0.4, 0.5) is 0 Å². The molecule has 0 unspecified atom stereocenters. The van der Waals surface area contributed by atoms with Gasteiger partial charge in [-0.25, -0.2) is 0 Å². The van der Waals surface area contributed by atoms with Crippen molar-refractivity contribution in [3.8, 4) is 5.75 Å². The summed E-state index contributed by atoms with van der Waals surface area (Å²) in [6.45, 7) is 0. The number of hydrogen-bond acceptors (Lipinski definition) is 2. The van der Waals surface area contributed by atoms with Gasteiger partial charge in [0.1, 0.15) is 11.4 Å². The van der Waals surface area contributed by atoms with Gasteiger partial charge < -0.3 is 4.74 Å². The minimum Gasteiger partial charge on any atom is -0.485 e. The summed E-state index contributed by atoms with van der Waals surface area (Å²) in [4.78, 5) is 12.4. The fraction of sp³-hybridized carbons (Fsp3) is 0.235. The van der Waals surface area contributed by atoms with Crippen LogP contribution in [0.1, 0.15) is 27.9 Å². The minimum atomic E-state index is -0.373. The summed E-state index contributed by atoms with van der Waals surface area (Å²) in [6, 6.07) is 14.0. The van der Waals surface area contributed by atoms with E-state index in [1.54, 1.807) is 0 Å². The van der Waals surface area contributed by atoms with Crippen molar-refractivity contribution in [2.24, 2.45) is 0 Å². The molecule has 0 bridgehead atoms. The van der Waals surface area contributed by atoms with Gasteiger partial charge in [0.2, 0.25) is 0 Å². The van der Waals surface area contributed by atoms with Crippen LogP contribution in [0, 0.1) is 0 Å². The van der Waals surface area contributed by atoms with Gasteiger partial charge in [-0.1, -0.05) is 40.2 Å². The maximum atomic E-state index is 12.4. The Hall–Kier alpha value is -1.61. The number of carbonyl (C=O) groups is 1. The number of rotatable bonds is 0. The molecule has 4 rings (SSSR count). The molecule has 2 aliphatic rings. The Balaban J connectivity index is 1.75. The van der Waals surface area contributed by atoms with Gasteiger partial charge in [-0.15, -0.1) is 0 Å². The number of ether oxygens (including phenoxy) is 1. The van der Waals surface area contributed by atoms with Crippen molar-refractivity contribution < 1.29 is 9.53 Å². The second-order valence-electron chi connectivity index (χ2n) is 5.65. The topological polar surface area (TPSA) is 26.3 Å². The average molecular weight is 329 g/mol. The van der Waals surface area contributed by atoms with E-state index in [2.05, 4.69) is 28.1 Å². The van der Waals surface area contributed by atoms with Crippen LogP contribution < -0.4 is 4.74 Å². The van der Waals surface area contributed by atoms with Gasteiger partial charge in [0.15, 0.2) is 5.78 Å². The van der Waals surface area contributed by atoms with Crippen molar-refractivity contribution in [3.05, 3.63) is 63.6 Å². The summed E-state index contributed by atoms with van der Waals surface area (Å²) in [5, 5.41) is 0. The quantitative estimate of drug-likeness (QED) is 0.731. The Kier molecular flexibility index (Phi) is 2.55. The highest BCUT2D eigenvalue weighted by Crippen LogP contribution is 2.42. The van der Waals surface area contributed by atoms with E-state index >= 15 is 0 Å². The third kappa shape index (κ3) is 1.80. The lowest BCUT2D eigenvalue weighted by molar-refractivity contribution is 0.0472.